The highest BCUT2D eigenvalue weighted by Crippen LogP contribution is 2.50. The van der Waals surface area contributed by atoms with Gasteiger partial charge in [0.25, 0.3) is 0 Å². The van der Waals surface area contributed by atoms with Crippen molar-refractivity contribution < 1.29 is 24.9 Å². The van der Waals surface area contributed by atoms with Gasteiger partial charge in [-0.15, -0.1) is 0 Å². The van der Waals surface area contributed by atoms with Gasteiger partial charge in [0.15, 0.2) is 0 Å². The van der Waals surface area contributed by atoms with Crippen molar-refractivity contribution in [1.82, 2.24) is 0 Å². The monoisotopic (exact) mass is 420 g/mol. The zero-order valence-electron chi connectivity index (χ0n) is 16.4. The fourth-order valence-electron chi connectivity index (χ4n) is 4.55. The number of carboxylic acid groups (broad SMARTS) is 1. The maximum Gasteiger partial charge on any atom is 0.303 e. The van der Waals surface area contributed by atoms with E-state index >= 15 is 0 Å². The Morgan fingerprint density at radius 1 is 1.34 bits per heavy atom. The SMILES string of the molecule is O=C(O)CCCC=C1C[C@@H]2C[C@@H](O)[C@H](C=C[C@H](O)COc3cccc(Cl)c3)[C@H]2C1. The first-order valence-corrected chi connectivity index (χ1v) is 10.6. The Balaban J connectivity index is 1.49. The number of carboxylic acids is 1. The van der Waals surface area contributed by atoms with Gasteiger partial charge in [-0.3, -0.25) is 4.79 Å². The van der Waals surface area contributed by atoms with E-state index in [9.17, 15) is 15.0 Å². The molecular weight excluding hydrogens is 392 g/mol. The van der Waals surface area contributed by atoms with Crippen LogP contribution in [0, 0.1) is 17.8 Å². The van der Waals surface area contributed by atoms with Gasteiger partial charge in [-0.2, -0.15) is 0 Å². The number of halogens is 1. The molecule has 1 aromatic rings. The summed E-state index contributed by atoms with van der Waals surface area (Å²) in [6, 6.07) is 7.05. The van der Waals surface area contributed by atoms with E-state index in [2.05, 4.69) is 6.08 Å². The molecule has 0 bridgehead atoms. The molecule has 2 fully saturated rings. The van der Waals surface area contributed by atoms with E-state index in [-0.39, 0.29) is 25.0 Å². The fourth-order valence-corrected chi connectivity index (χ4v) is 4.73. The molecule has 0 radical (unpaired) electrons. The number of rotatable bonds is 9. The Bertz CT molecular complexity index is 759. The first kappa shape index (κ1) is 21.9. The van der Waals surface area contributed by atoms with Crippen molar-refractivity contribution in [3.05, 3.63) is 53.1 Å². The van der Waals surface area contributed by atoms with Gasteiger partial charge in [0, 0.05) is 17.4 Å². The highest BCUT2D eigenvalue weighted by molar-refractivity contribution is 6.30. The second-order valence-corrected chi connectivity index (χ2v) is 8.52. The summed E-state index contributed by atoms with van der Waals surface area (Å²) in [6.07, 6.45) is 9.08. The molecule has 158 valence electrons. The molecule has 0 saturated heterocycles. The van der Waals surface area contributed by atoms with Crippen molar-refractivity contribution in [2.75, 3.05) is 6.61 Å². The van der Waals surface area contributed by atoms with Crippen LogP contribution in [0.25, 0.3) is 0 Å². The molecule has 2 saturated carbocycles. The first-order chi connectivity index (χ1) is 13.9. The second-order valence-electron chi connectivity index (χ2n) is 8.08. The summed E-state index contributed by atoms with van der Waals surface area (Å²) in [5.41, 5.74) is 1.38. The maximum atomic E-state index is 10.6. The number of allylic oxidation sites excluding steroid dienone is 2. The summed E-state index contributed by atoms with van der Waals surface area (Å²) in [7, 11) is 0. The normalized spacial score (nSPS) is 28.7. The average Bonchev–Trinajstić information content (AvgIpc) is 3.18. The summed E-state index contributed by atoms with van der Waals surface area (Å²) in [4.78, 5) is 10.6. The fraction of sp³-hybridized carbons (Fsp3) is 0.522. The number of aliphatic carboxylic acids is 1. The van der Waals surface area contributed by atoms with Crippen LogP contribution in [0.2, 0.25) is 5.02 Å². The van der Waals surface area contributed by atoms with Crippen LogP contribution < -0.4 is 4.74 Å². The van der Waals surface area contributed by atoms with Gasteiger partial charge in [-0.25, -0.2) is 0 Å². The number of aliphatic hydroxyl groups excluding tert-OH is 2. The summed E-state index contributed by atoms with van der Waals surface area (Å²) >= 11 is 5.93. The van der Waals surface area contributed by atoms with Gasteiger partial charge < -0.3 is 20.1 Å². The highest BCUT2D eigenvalue weighted by atomic mass is 35.5. The molecule has 0 aromatic heterocycles. The van der Waals surface area contributed by atoms with Crippen LogP contribution in [0.1, 0.15) is 38.5 Å². The lowest BCUT2D eigenvalue weighted by atomic mass is 9.90. The zero-order valence-corrected chi connectivity index (χ0v) is 17.2. The highest BCUT2D eigenvalue weighted by Gasteiger charge is 2.44. The number of unbranched alkanes of at least 4 members (excludes halogenated alkanes) is 1. The van der Waals surface area contributed by atoms with Crippen molar-refractivity contribution in [2.45, 2.75) is 50.7 Å². The Morgan fingerprint density at radius 3 is 2.93 bits per heavy atom. The molecule has 0 unspecified atom stereocenters. The third-order valence-corrected chi connectivity index (χ3v) is 6.15. The molecule has 0 spiro atoms. The van der Waals surface area contributed by atoms with Crippen LogP contribution in [0.5, 0.6) is 5.75 Å². The number of ether oxygens (including phenoxy) is 1. The van der Waals surface area contributed by atoms with Gasteiger partial charge in [0.1, 0.15) is 18.5 Å². The Hall–Kier alpha value is -1.82. The Morgan fingerprint density at radius 2 is 2.17 bits per heavy atom. The van der Waals surface area contributed by atoms with Crippen LogP contribution >= 0.6 is 11.6 Å². The van der Waals surface area contributed by atoms with Gasteiger partial charge in [-0.05, 0) is 62.1 Å². The molecular formula is C23H29ClO5. The van der Waals surface area contributed by atoms with Gasteiger partial charge >= 0.3 is 5.97 Å². The number of aliphatic hydroxyl groups is 2. The standard InChI is InChI=1S/C23H29ClO5/c24-17-5-3-6-19(13-17)29-14-18(25)8-9-20-21-11-15(4-1-2-7-23(27)28)10-16(21)12-22(20)26/h3-6,8-9,13,16,18,20-22,25-26H,1-2,7,10-12,14H2,(H,27,28)/t16-,18+,20-,21+,22-/m1/s1. The molecule has 29 heavy (non-hydrogen) atoms. The lowest BCUT2D eigenvalue weighted by Gasteiger charge is -2.18. The maximum absolute atomic E-state index is 10.6. The predicted octanol–water partition coefficient (Wildman–Crippen LogP) is 4.22. The molecule has 6 heteroatoms. The lowest BCUT2D eigenvalue weighted by Crippen LogP contribution is -2.19. The minimum Gasteiger partial charge on any atom is -0.491 e. The van der Waals surface area contributed by atoms with Crippen LogP contribution in [-0.4, -0.2) is 40.1 Å². The minimum absolute atomic E-state index is 0.0331. The van der Waals surface area contributed by atoms with Crippen LogP contribution in [0.15, 0.2) is 48.1 Å². The summed E-state index contributed by atoms with van der Waals surface area (Å²) in [5.74, 6) is 0.737. The van der Waals surface area contributed by atoms with E-state index in [0.29, 0.717) is 29.0 Å². The molecule has 0 amide bonds. The quantitative estimate of drug-likeness (QED) is 0.411. The van der Waals surface area contributed by atoms with E-state index in [4.69, 9.17) is 21.4 Å². The summed E-state index contributed by atoms with van der Waals surface area (Å²) in [6.45, 7) is 0.127. The number of fused-ring (bicyclic) bond motifs is 1. The molecule has 2 aliphatic rings. The van der Waals surface area contributed by atoms with Crippen molar-refractivity contribution in [3.8, 4) is 5.75 Å². The number of hydrogen-bond acceptors (Lipinski definition) is 4. The first-order valence-electron chi connectivity index (χ1n) is 10.2. The molecule has 2 aliphatic carbocycles. The third-order valence-electron chi connectivity index (χ3n) is 5.91. The smallest absolute Gasteiger partial charge is 0.303 e. The molecule has 0 heterocycles. The van der Waals surface area contributed by atoms with E-state index in [0.717, 1.165) is 25.7 Å². The van der Waals surface area contributed by atoms with E-state index < -0.39 is 12.1 Å². The molecule has 1 aromatic carbocycles. The Kier molecular flexibility index (Phi) is 7.76. The summed E-state index contributed by atoms with van der Waals surface area (Å²) in [5, 5.41) is 30.0. The van der Waals surface area contributed by atoms with Crippen LogP contribution in [0.3, 0.4) is 0 Å². The van der Waals surface area contributed by atoms with Crippen molar-refractivity contribution in [1.29, 1.82) is 0 Å². The molecule has 0 aliphatic heterocycles. The van der Waals surface area contributed by atoms with Crippen LogP contribution in [0.4, 0.5) is 0 Å². The minimum atomic E-state index is -0.757. The predicted molar refractivity (Wildman–Crippen MR) is 112 cm³/mol. The summed E-state index contributed by atoms with van der Waals surface area (Å²) < 4.78 is 5.57. The van der Waals surface area contributed by atoms with Crippen molar-refractivity contribution in [2.24, 2.45) is 17.8 Å². The van der Waals surface area contributed by atoms with Crippen molar-refractivity contribution >= 4 is 17.6 Å². The second kappa shape index (κ2) is 10.3. The molecule has 3 N–H and O–H groups in total. The largest absolute Gasteiger partial charge is 0.491 e. The number of benzene rings is 1. The molecule has 3 rings (SSSR count). The van der Waals surface area contributed by atoms with Gasteiger partial charge in [0.2, 0.25) is 0 Å². The molecule has 5 atom stereocenters. The Labute approximate surface area is 176 Å². The van der Waals surface area contributed by atoms with Gasteiger partial charge in [0.05, 0.1) is 6.10 Å². The zero-order chi connectivity index (χ0) is 20.8. The van der Waals surface area contributed by atoms with Crippen molar-refractivity contribution in [3.63, 3.8) is 0 Å². The third kappa shape index (κ3) is 6.33. The topological polar surface area (TPSA) is 87.0 Å². The molecule has 5 nitrogen and oxygen atoms in total. The lowest BCUT2D eigenvalue weighted by molar-refractivity contribution is -0.137. The van der Waals surface area contributed by atoms with Gasteiger partial charge in [-0.1, -0.05) is 41.5 Å². The number of hydrogen-bond donors (Lipinski definition) is 3. The van der Waals surface area contributed by atoms with E-state index in [1.807, 2.05) is 6.08 Å². The number of carbonyl (C=O) groups is 1. The average molecular weight is 421 g/mol. The van der Waals surface area contributed by atoms with E-state index in [1.54, 1.807) is 30.3 Å². The van der Waals surface area contributed by atoms with Crippen LogP contribution in [-0.2, 0) is 4.79 Å². The van der Waals surface area contributed by atoms with E-state index in [1.165, 1.54) is 5.57 Å².